The van der Waals surface area contributed by atoms with Gasteiger partial charge in [0.2, 0.25) is 11.8 Å². The number of carbonyl (C=O) groups is 2. The van der Waals surface area contributed by atoms with Crippen molar-refractivity contribution in [2.24, 2.45) is 23.5 Å². The van der Waals surface area contributed by atoms with Gasteiger partial charge in [0.25, 0.3) is 0 Å². The lowest BCUT2D eigenvalue weighted by Crippen LogP contribution is -2.55. The summed E-state index contributed by atoms with van der Waals surface area (Å²) in [7, 11) is 0. The van der Waals surface area contributed by atoms with Crippen LogP contribution in [0.1, 0.15) is 59.3 Å². The number of fused-ring (bicyclic) bond motifs is 2. The fraction of sp³-hybridized carbons (Fsp3) is 0.889. The summed E-state index contributed by atoms with van der Waals surface area (Å²) >= 11 is 0. The molecule has 3 aliphatic rings. The molecule has 0 spiro atoms. The van der Waals surface area contributed by atoms with Gasteiger partial charge in [0.15, 0.2) is 0 Å². The molecule has 3 unspecified atom stereocenters. The van der Waals surface area contributed by atoms with Crippen molar-refractivity contribution in [1.29, 1.82) is 0 Å². The quantitative estimate of drug-likeness (QED) is 0.812. The van der Waals surface area contributed by atoms with Gasteiger partial charge in [0.05, 0.1) is 5.92 Å². The first-order valence-electron chi connectivity index (χ1n) is 9.12. The van der Waals surface area contributed by atoms with Crippen LogP contribution in [0.25, 0.3) is 0 Å². The Morgan fingerprint density at radius 3 is 2.35 bits per heavy atom. The Kier molecular flexibility index (Phi) is 4.43. The maximum absolute atomic E-state index is 12.7. The van der Waals surface area contributed by atoms with Gasteiger partial charge in [-0.3, -0.25) is 9.59 Å². The number of rotatable bonds is 2. The standard InChI is InChI=1S/C18H31N3O2/c1-18(2,3)21-10-13(9-15(21)22)17(23)20-16-11-5-4-6-12(16)8-14(19)7-11/h11-14,16H,4-10,19H2,1-3H3,(H,20,23). The van der Waals surface area contributed by atoms with Crippen LogP contribution in [0, 0.1) is 17.8 Å². The van der Waals surface area contributed by atoms with Crippen molar-refractivity contribution < 1.29 is 9.59 Å². The van der Waals surface area contributed by atoms with E-state index >= 15 is 0 Å². The van der Waals surface area contributed by atoms with E-state index in [0.29, 0.717) is 30.8 Å². The zero-order chi connectivity index (χ0) is 16.8. The largest absolute Gasteiger partial charge is 0.353 e. The van der Waals surface area contributed by atoms with Crippen LogP contribution >= 0.6 is 0 Å². The summed E-state index contributed by atoms with van der Waals surface area (Å²) in [6, 6.07) is 0.567. The molecule has 0 aromatic carbocycles. The molecular formula is C18H31N3O2. The minimum Gasteiger partial charge on any atom is -0.353 e. The molecule has 0 aromatic heterocycles. The van der Waals surface area contributed by atoms with Crippen LogP contribution in [0.4, 0.5) is 0 Å². The highest BCUT2D eigenvalue weighted by molar-refractivity contribution is 5.89. The third-order valence-corrected chi connectivity index (χ3v) is 5.99. The summed E-state index contributed by atoms with van der Waals surface area (Å²) in [6.07, 6.45) is 6.01. The van der Waals surface area contributed by atoms with Gasteiger partial charge in [0.1, 0.15) is 0 Å². The van der Waals surface area contributed by atoms with Crippen molar-refractivity contribution in [3.8, 4) is 0 Å². The third-order valence-electron chi connectivity index (χ3n) is 5.99. The molecule has 1 saturated heterocycles. The van der Waals surface area contributed by atoms with Gasteiger partial charge in [-0.25, -0.2) is 0 Å². The molecule has 1 aliphatic heterocycles. The molecule has 23 heavy (non-hydrogen) atoms. The smallest absolute Gasteiger partial charge is 0.225 e. The number of nitrogens with two attached hydrogens (primary N) is 1. The molecule has 0 aromatic rings. The van der Waals surface area contributed by atoms with Gasteiger partial charge in [-0.2, -0.15) is 0 Å². The molecule has 3 N–H and O–H groups in total. The predicted molar refractivity (Wildman–Crippen MR) is 89.5 cm³/mol. The van der Waals surface area contributed by atoms with Gasteiger partial charge in [-0.1, -0.05) is 6.42 Å². The van der Waals surface area contributed by atoms with E-state index < -0.39 is 0 Å². The lowest BCUT2D eigenvalue weighted by molar-refractivity contribution is -0.132. The fourth-order valence-corrected chi connectivity index (χ4v) is 4.84. The molecule has 5 heteroatoms. The van der Waals surface area contributed by atoms with Gasteiger partial charge in [0, 0.05) is 30.6 Å². The van der Waals surface area contributed by atoms with Crippen molar-refractivity contribution in [3.63, 3.8) is 0 Å². The second-order valence-electron chi connectivity index (χ2n) is 8.79. The monoisotopic (exact) mass is 321 g/mol. The van der Waals surface area contributed by atoms with Crippen LogP contribution in [0.5, 0.6) is 0 Å². The van der Waals surface area contributed by atoms with Crippen LogP contribution in [0.3, 0.4) is 0 Å². The molecule has 130 valence electrons. The average molecular weight is 321 g/mol. The fourth-order valence-electron chi connectivity index (χ4n) is 4.84. The second kappa shape index (κ2) is 6.08. The van der Waals surface area contributed by atoms with Crippen LogP contribution in [-0.4, -0.2) is 40.9 Å². The lowest BCUT2D eigenvalue weighted by atomic mass is 9.67. The van der Waals surface area contributed by atoms with Crippen molar-refractivity contribution in [3.05, 3.63) is 0 Å². The van der Waals surface area contributed by atoms with E-state index in [2.05, 4.69) is 5.32 Å². The van der Waals surface area contributed by atoms with E-state index in [4.69, 9.17) is 5.73 Å². The van der Waals surface area contributed by atoms with E-state index in [0.717, 1.165) is 12.8 Å². The highest BCUT2D eigenvalue weighted by atomic mass is 16.2. The Morgan fingerprint density at radius 1 is 1.22 bits per heavy atom. The van der Waals surface area contributed by atoms with Crippen LogP contribution < -0.4 is 11.1 Å². The first-order chi connectivity index (χ1) is 10.8. The molecule has 3 rings (SSSR count). The number of hydrogen-bond acceptors (Lipinski definition) is 3. The van der Waals surface area contributed by atoms with Gasteiger partial charge in [-0.15, -0.1) is 0 Å². The highest BCUT2D eigenvalue weighted by Crippen LogP contribution is 2.40. The maximum Gasteiger partial charge on any atom is 0.225 e. The summed E-state index contributed by atoms with van der Waals surface area (Å²) in [5.41, 5.74) is 5.95. The Labute approximate surface area is 139 Å². The Morgan fingerprint density at radius 2 is 1.83 bits per heavy atom. The van der Waals surface area contributed by atoms with Gasteiger partial charge in [-0.05, 0) is 58.3 Å². The summed E-state index contributed by atoms with van der Waals surface area (Å²) in [6.45, 7) is 6.63. The van der Waals surface area contributed by atoms with E-state index in [9.17, 15) is 9.59 Å². The summed E-state index contributed by atoms with van der Waals surface area (Å²) in [4.78, 5) is 26.8. The Balaban J connectivity index is 1.63. The zero-order valence-electron chi connectivity index (χ0n) is 14.7. The van der Waals surface area contributed by atoms with Crippen molar-refractivity contribution in [2.45, 2.75) is 76.9 Å². The molecule has 0 radical (unpaired) electrons. The minimum absolute atomic E-state index is 0.0717. The van der Waals surface area contributed by atoms with Gasteiger partial charge < -0.3 is 16.0 Å². The molecule has 1 heterocycles. The van der Waals surface area contributed by atoms with Gasteiger partial charge >= 0.3 is 0 Å². The number of likely N-dealkylation sites (tertiary alicyclic amines) is 1. The number of amides is 2. The lowest BCUT2D eigenvalue weighted by Gasteiger charge is -2.45. The molecular weight excluding hydrogens is 290 g/mol. The number of nitrogens with one attached hydrogen (secondary N) is 1. The minimum atomic E-state index is -0.208. The molecule has 2 saturated carbocycles. The predicted octanol–water partition coefficient (Wildman–Crippen LogP) is 1.66. The zero-order valence-corrected chi connectivity index (χ0v) is 14.7. The maximum atomic E-state index is 12.7. The summed E-state index contributed by atoms with van der Waals surface area (Å²) in [5, 5.41) is 3.30. The normalized spacial score (nSPS) is 37.8. The number of nitrogens with zero attached hydrogens (tertiary/aromatic N) is 1. The first kappa shape index (κ1) is 16.7. The first-order valence-corrected chi connectivity index (χ1v) is 9.12. The van der Waals surface area contributed by atoms with Crippen molar-refractivity contribution in [2.75, 3.05) is 6.54 Å². The Hall–Kier alpha value is -1.10. The van der Waals surface area contributed by atoms with Crippen LogP contribution in [0.2, 0.25) is 0 Å². The topological polar surface area (TPSA) is 75.4 Å². The van der Waals surface area contributed by atoms with E-state index in [1.165, 1.54) is 19.3 Å². The summed E-state index contributed by atoms with van der Waals surface area (Å²) < 4.78 is 0. The van der Waals surface area contributed by atoms with E-state index in [1.807, 2.05) is 25.7 Å². The summed E-state index contributed by atoms with van der Waals surface area (Å²) in [5.74, 6) is 1.03. The van der Waals surface area contributed by atoms with Crippen LogP contribution in [-0.2, 0) is 9.59 Å². The second-order valence-corrected chi connectivity index (χ2v) is 8.79. The molecule has 5 nitrogen and oxygen atoms in total. The Bertz CT molecular complexity index is 471. The molecule has 2 amide bonds. The number of hydrogen-bond donors (Lipinski definition) is 2. The molecule has 3 fully saturated rings. The van der Waals surface area contributed by atoms with Crippen molar-refractivity contribution >= 4 is 11.8 Å². The average Bonchev–Trinajstić information content (AvgIpc) is 2.82. The van der Waals surface area contributed by atoms with E-state index in [1.54, 1.807) is 0 Å². The highest BCUT2D eigenvalue weighted by Gasteiger charge is 2.43. The molecule has 2 bridgehead atoms. The van der Waals surface area contributed by atoms with E-state index in [-0.39, 0.29) is 29.3 Å². The molecule has 2 aliphatic carbocycles. The molecule has 3 atom stereocenters. The third kappa shape index (κ3) is 3.39. The SMILES string of the molecule is CC(C)(C)N1CC(C(=O)NC2C3CCCC2CC(N)C3)CC1=O. The van der Waals surface area contributed by atoms with Crippen LogP contribution in [0.15, 0.2) is 0 Å². The van der Waals surface area contributed by atoms with Crippen molar-refractivity contribution in [1.82, 2.24) is 10.2 Å². The number of carbonyl (C=O) groups excluding carboxylic acids is 2.